The molecular formula is C26H21NO8S. The van der Waals surface area contributed by atoms with Crippen molar-refractivity contribution >= 4 is 21.8 Å². The number of sulfone groups is 1. The molecule has 3 aliphatic rings. The van der Waals surface area contributed by atoms with Crippen LogP contribution in [0.15, 0.2) is 71.6 Å². The molecule has 3 aliphatic carbocycles. The second-order valence-electron chi connectivity index (χ2n) is 8.65. The van der Waals surface area contributed by atoms with Crippen LogP contribution in [0.2, 0.25) is 0 Å². The van der Waals surface area contributed by atoms with Gasteiger partial charge in [-0.2, -0.15) is 0 Å². The smallest absolute Gasteiger partial charge is 0.338 e. The van der Waals surface area contributed by atoms with E-state index in [0.29, 0.717) is 22.3 Å². The van der Waals surface area contributed by atoms with Crippen LogP contribution in [0.3, 0.4) is 0 Å². The van der Waals surface area contributed by atoms with Crippen molar-refractivity contribution in [3.8, 4) is 0 Å². The topological polar surface area (TPSA) is 130 Å². The molecule has 3 aromatic carbocycles. The first-order valence-electron chi connectivity index (χ1n) is 11.1. The van der Waals surface area contributed by atoms with E-state index in [-0.39, 0.29) is 16.0 Å². The number of nitrogens with zero attached hydrogens (tertiary/aromatic N) is 1. The minimum atomic E-state index is -4.27. The Balaban J connectivity index is 1.90. The Morgan fingerprint density at radius 1 is 0.778 bits per heavy atom. The van der Waals surface area contributed by atoms with Gasteiger partial charge in [0.15, 0.2) is 9.84 Å². The molecule has 0 fully saturated rings. The molecule has 10 heteroatoms. The van der Waals surface area contributed by atoms with Crippen molar-refractivity contribution in [1.29, 1.82) is 0 Å². The molecule has 0 aliphatic heterocycles. The molecule has 2 bridgehead atoms. The molecule has 9 nitrogen and oxygen atoms in total. The monoisotopic (exact) mass is 507 g/mol. The Labute approximate surface area is 206 Å². The van der Waals surface area contributed by atoms with Crippen LogP contribution in [0.25, 0.3) is 0 Å². The maximum absolute atomic E-state index is 14.0. The van der Waals surface area contributed by atoms with Crippen molar-refractivity contribution in [1.82, 2.24) is 0 Å². The lowest BCUT2D eigenvalue weighted by Crippen LogP contribution is -2.55. The quantitative estimate of drug-likeness (QED) is 0.292. The van der Waals surface area contributed by atoms with Gasteiger partial charge in [-0.15, -0.1) is 0 Å². The van der Waals surface area contributed by atoms with Gasteiger partial charge in [-0.1, -0.05) is 42.5 Å². The summed E-state index contributed by atoms with van der Waals surface area (Å²) in [4.78, 5) is 37.4. The lowest BCUT2D eigenvalue weighted by atomic mass is 9.59. The highest BCUT2D eigenvalue weighted by Gasteiger charge is 2.62. The van der Waals surface area contributed by atoms with E-state index in [4.69, 9.17) is 9.47 Å². The van der Waals surface area contributed by atoms with E-state index in [1.807, 2.05) is 0 Å². The first-order valence-corrected chi connectivity index (χ1v) is 12.6. The van der Waals surface area contributed by atoms with Crippen LogP contribution in [0.4, 0.5) is 0 Å². The van der Waals surface area contributed by atoms with Crippen LogP contribution in [0.1, 0.15) is 54.8 Å². The van der Waals surface area contributed by atoms with Gasteiger partial charge in [-0.3, -0.25) is 10.1 Å². The standard InChI is InChI=1S/C26H21NO8S/c1-34-25(28)17-12-7-11-16-19(17)21-15-10-6-13-18(26(29)35-2)20(15)22(16)24(23(21)27(30)31)36(32,33)14-8-4-3-5-9-14/h3-13,21-24H,1-2H3/t21-,22-,23?,24?/m0/s1. The number of hydrogen-bond acceptors (Lipinski definition) is 8. The van der Waals surface area contributed by atoms with Gasteiger partial charge in [0.25, 0.3) is 0 Å². The molecule has 6 rings (SSSR count). The number of fused-ring (bicyclic) bond motifs is 1. The number of methoxy groups -OCH3 is 2. The van der Waals surface area contributed by atoms with E-state index < -0.39 is 49.8 Å². The minimum Gasteiger partial charge on any atom is -0.465 e. The van der Waals surface area contributed by atoms with E-state index >= 15 is 0 Å². The molecule has 0 saturated carbocycles. The first kappa shape index (κ1) is 23.7. The second-order valence-corrected chi connectivity index (χ2v) is 10.8. The predicted octanol–water partition coefficient (Wildman–Crippen LogP) is 3.34. The zero-order valence-corrected chi connectivity index (χ0v) is 20.1. The number of carbonyl (C=O) groups is 2. The number of ether oxygens (including phenoxy) is 2. The first-order chi connectivity index (χ1) is 17.2. The molecule has 0 saturated heterocycles. The van der Waals surface area contributed by atoms with Crippen molar-refractivity contribution in [2.75, 3.05) is 14.2 Å². The summed E-state index contributed by atoms with van der Waals surface area (Å²) in [5, 5.41) is 11.1. The number of nitro groups is 1. The SMILES string of the molecule is COC(=O)c1cccc2c1[C@@H]1c3cccc(C(=O)OC)c3[C@H]2C(S(=O)(=O)c2ccccc2)C1[N+](=O)[O-]. The third-order valence-corrected chi connectivity index (χ3v) is 9.26. The average molecular weight is 508 g/mol. The normalized spacial score (nSPS) is 21.7. The molecule has 0 amide bonds. The summed E-state index contributed by atoms with van der Waals surface area (Å²) in [5.41, 5.74) is 1.84. The maximum atomic E-state index is 14.0. The number of benzene rings is 3. The largest absolute Gasteiger partial charge is 0.465 e. The highest BCUT2D eigenvalue weighted by molar-refractivity contribution is 7.92. The fourth-order valence-electron chi connectivity index (χ4n) is 5.74. The molecule has 0 radical (unpaired) electrons. The van der Waals surface area contributed by atoms with Crippen molar-refractivity contribution < 1.29 is 32.4 Å². The Morgan fingerprint density at radius 3 is 1.78 bits per heavy atom. The fraction of sp³-hybridized carbons (Fsp3) is 0.231. The van der Waals surface area contributed by atoms with Gasteiger partial charge in [-0.05, 0) is 46.5 Å². The lowest BCUT2D eigenvalue weighted by molar-refractivity contribution is -0.526. The summed E-state index contributed by atoms with van der Waals surface area (Å²) in [7, 11) is -1.85. The molecular weight excluding hydrogens is 486 g/mol. The van der Waals surface area contributed by atoms with E-state index in [1.165, 1.54) is 38.5 Å². The number of hydrogen-bond donors (Lipinski definition) is 0. The van der Waals surface area contributed by atoms with Crippen LogP contribution >= 0.6 is 0 Å². The molecule has 0 N–H and O–H groups in total. The summed E-state index contributed by atoms with van der Waals surface area (Å²) < 4.78 is 37.9. The Kier molecular flexibility index (Phi) is 5.63. The van der Waals surface area contributed by atoms with Crippen LogP contribution in [0, 0.1) is 10.1 Å². The molecule has 4 atom stereocenters. The summed E-state index contributed by atoms with van der Waals surface area (Å²) >= 11 is 0. The van der Waals surface area contributed by atoms with Gasteiger partial charge in [0.05, 0.1) is 36.2 Å². The molecule has 0 spiro atoms. The van der Waals surface area contributed by atoms with Crippen molar-refractivity contribution in [2.24, 2.45) is 0 Å². The molecule has 184 valence electrons. The fourth-order valence-corrected chi connectivity index (χ4v) is 7.86. The van der Waals surface area contributed by atoms with Gasteiger partial charge in [-0.25, -0.2) is 18.0 Å². The molecule has 2 unspecified atom stereocenters. The average Bonchev–Trinajstić information content (AvgIpc) is 2.91. The van der Waals surface area contributed by atoms with Gasteiger partial charge in [0, 0.05) is 10.8 Å². The van der Waals surface area contributed by atoms with Gasteiger partial charge >= 0.3 is 11.9 Å². The van der Waals surface area contributed by atoms with Gasteiger partial charge in [0.1, 0.15) is 5.25 Å². The lowest BCUT2D eigenvalue weighted by Gasteiger charge is -2.46. The van der Waals surface area contributed by atoms with E-state index in [0.717, 1.165) is 0 Å². The Morgan fingerprint density at radius 2 is 1.28 bits per heavy atom. The molecule has 3 aromatic rings. The Hall–Kier alpha value is -4.05. The molecule has 0 heterocycles. The molecule has 36 heavy (non-hydrogen) atoms. The van der Waals surface area contributed by atoms with E-state index in [1.54, 1.807) is 42.5 Å². The van der Waals surface area contributed by atoms with Crippen LogP contribution in [-0.2, 0) is 19.3 Å². The van der Waals surface area contributed by atoms with Crippen molar-refractivity contribution in [2.45, 2.75) is 28.0 Å². The molecule has 0 aromatic heterocycles. The highest BCUT2D eigenvalue weighted by atomic mass is 32.2. The van der Waals surface area contributed by atoms with Crippen molar-refractivity contribution in [3.63, 3.8) is 0 Å². The van der Waals surface area contributed by atoms with Crippen LogP contribution in [0.5, 0.6) is 0 Å². The van der Waals surface area contributed by atoms with Gasteiger partial charge < -0.3 is 9.47 Å². The van der Waals surface area contributed by atoms with Crippen LogP contribution in [-0.4, -0.2) is 50.8 Å². The second kappa shape index (κ2) is 8.56. The number of carbonyl (C=O) groups excluding carboxylic acids is 2. The van der Waals surface area contributed by atoms with Crippen molar-refractivity contribution in [3.05, 3.63) is 110 Å². The summed E-state index contributed by atoms with van der Waals surface area (Å²) in [5.74, 6) is -3.58. The summed E-state index contributed by atoms with van der Waals surface area (Å²) in [6.45, 7) is 0. The van der Waals surface area contributed by atoms with Gasteiger partial charge in [0.2, 0.25) is 6.04 Å². The summed E-state index contributed by atoms with van der Waals surface area (Å²) in [6.07, 6.45) is 0. The van der Waals surface area contributed by atoms with E-state index in [9.17, 15) is 28.1 Å². The Bertz CT molecular complexity index is 1520. The number of rotatable bonds is 5. The highest BCUT2D eigenvalue weighted by Crippen LogP contribution is 2.58. The minimum absolute atomic E-state index is 0.0582. The third-order valence-electron chi connectivity index (χ3n) is 7.06. The number of esters is 2. The maximum Gasteiger partial charge on any atom is 0.338 e. The van der Waals surface area contributed by atoms with E-state index in [2.05, 4.69) is 0 Å². The zero-order valence-electron chi connectivity index (χ0n) is 19.3. The zero-order chi connectivity index (χ0) is 25.8. The van der Waals surface area contributed by atoms with Crippen LogP contribution < -0.4 is 0 Å². The third kappa shape index (κ3) is 3.25. The summed E-state index contributed by atoms with van der Waals surface area (Å²) in [6, 6.07) is 15.4. The predicted molar refractivity (Wildman–Crippen MR) is 127 cm³/mol.